The van der Waals surface area contributed by atoms with Gasteiger partial charge in [0.05, 0.1) is 18.4 Å². The second kappa shape index (κ2) is 8.12. The average molecular weight is 478 g/mol. The average Bonchev–Trinajstić information content (AvgIpc) is 3.42. The molecule has 1 saturated carbocycles. The molecule has 0 aromatic carbocycles. The molecular weight excluding hydrogens is 457 g/mol. The lowest BCUT2D eigenvalue weighted by Gasteiger charge is -2.12. The highest BCUT2D eigenvalue weighted by Crippen LogP contribution is 2.42. The van der Waals surface area contributed by atoms with Gasteiger partial charge in [-0.15, -0.1) is 11.3 Å². The smallest absolute Gasteiger partial charge is 0.433 e. The molecule has 3 aromatic rings. The number of halogens is 3. The molecule has 0 saturated heterocycles. The molecule has 0 unspecified atom stereocenters. The number of esters is 1. The first-order chi connectivity index (χ1) is 15.8. The van der Waals surface area contributed by atoms with Crippen molar-refractivity contribution in [3.63, 3.8) is 0 Å². The minimum absolute atomic E-state index is 0.0404. The number of fused-ring (bicyclic) bond motifs is 2. The second-order valence-corrected chi connectivity index (χ2v) is 9.33. The van der Waals surface area contributed by atoms with Gasteiger partial charge in [0.25, 0.3) is 5.91 Å². The van der Waals surface area contributed by atoms with Crippen molar-refractivity contribution >= 4 is 33.9 Å². The third kappa shape index (κ3) is 3.98. The molecule has 1 fully saturated rings. The summed E-state index contributed by atoms with van der Waals surface area (Å²) in [7, 11) is 0. The third-order valence-corrected chi connectivity index (χ3v) is 7.11. The van der Waals surface area contributed by atoms with Crippen LogP contribution in [0, 0.1) is 0 Å². The first-order valence-electron chi connectivity index (χ1n) is 10.9. The Morgan fingerprint density at radius 3 is 2.73 bits per heavy atom. The van der Waals surface area contributed by atoms with E-state index < -0.39 is 23.7 Å². The van der Waals surface area contributed by atoms with Crippen molar-refractivity contribution in [1.82, 2.24) is 14.6 Å². The Balaban J connectivity index is 1.55. The summed E-state index contributed by atoms with van der Waals surface area (Å²) in [6.07, 6.45) is 1.42. The summed E-state index contributed by atoms with van der Waals surface area (Å²) in [5, 5.41) is 6.88. The summed E-state index contributed by atoms with van der Waals surface area (Å²) in [5.74, 6) is -1.22. The van der Waals surface area contributed by atoms with E-state index in [-0.39, 0.29) is 23.7 Å². The summed E-state index contributed by atoms with van der Waals surface area (Å²) >= 11 is 1.31. The number of thiophene rings is 1. The molecule has 2 aliphatic rings. The summed E-state index contributed by atoms with van der Waals surface area (Å²) in [6, 6.07) is 1.01. The van der Waals surface area contributed by atoms with Crippen LogP contribution in [0.3, 0.4) is 0 Å². The number of nitrogens with one attached hydrogen (secondary N) is 1. The van der Waals surface area contributed by atoms with Crippen LogP contribution in [0.15, 0.2) is 12.3 Å². The Labute approximate surface area is 191 Å². The van der Waals surface area contributed by atoms with E-state index >= 15 is 0 Å². The number of rotatable bonds is 5. The zero-order chi connectivity index (χ0) is 23.3. The van der Waals surface area contributed by atoms with Crippen LogP contribution in [0.2, 0.25) is 0 Å². The van der Waals surface area contributed by atoms with Gasteiger partial charge in [-0.2, -0.15) is 18.3 Å². The van der Waals surface area contributed by atoms with Gasteiger partial charge in [0, 0.05) is 16.5 Å². The molecule has 3 aromatic heterocycles. The molecule has 0 atom stereocenters. The van der Waals surface area contributed by atoms with Crippen molar-refractivity contribution in [3.8, 4) is 0 Å². The van der Waals surface area contributed by atoms with Gasteiger partial charge < -0.3 is 10.1 Å². The molecule has 5 rings (SSSR count). The van der Waals surface area contributed by atoms with E-state index in [4.69, 9.17) is 4.74 Å². The van der Waals surface area contributed by atoms with Crippen LogP contribution in [0.25, 0.3) is 5.65 Å². The number of ether oxygens (including phenoxy) is 1. The second-order valence-electron chi connectivity index (χ2n) is 8.22. The van der Waals surface area contributed by atoms with Gasteiger partial charge in [0.2, 0.25) is 0 Å². The molecular formula is C22H21F3N4O3S. The van der Waals surface area contributed by atoms with Crippen LogP contribution in [0.1, 0.15) is 81.1 Å². The van der Waals surface area contributed by atoms with Crippen LogP contribution in [-0.4, -0.2) is 33.1 Å². The Morgan fingerprint density at radius 2 is 2.03 bits per heavy atom. The van der Waals surface area contributed by atoms with Crippen molar-refractivity contribution in [3.05, 3.63) is 45.2 Å². The summed E-state index contributed by atoms with van der Waals surface area (Å²) in [5.41, 5.74) is 0.334. The SMILES string of the molecule is CCOC(=O)c1c(NC(=O)c2cnn3c(C(F)(F)F)cc(C4CC4)nc23)sc2c1CCCC2. The maximum Gasteiger partial charge on any atom is 0.433 e. The Morgan fingerprint density at radius 1 is 1.27 bits per heavy atom. The highest BCUT2D eigenvalue weighted by Gasteiger charge is 2.38. The third-order valence-electron chi connectivity index (χ3n) is 5.90. The molecule has 1 amide bonds. The molecule has 0 aliphatic heterocycles. The fourth-order valence-electron chi connectivity index (χ4n) is 4.18. The molecule has 0 bridgehead atoms. The number of amides is 1. The number of carbonyl (C=O) groups excluding carboxylic acids is 2. The van der Waals surface area contributed by atoms with Gasteiger partial charge in [-0.1, -0.05) is 0 Å². The van der Waals surface area contributed by atoms with Gasteiger partial charge in [-0.05, 0) is 57.1 Å². The molecule has 1 N–H and O–H groups in total. The summed E-state index contributed by atoms with van der Waals surface area (Å²) in [4.78, 5) is 31.2. The van der Waals surface area contributed by atoms with E-state index in [0.717, 1.165) is 54.8 Å². The van der Waals surface area contributed by atoms with Crippen molar-refractivity contribution in [2.75, 3.05) is 11.9 Å². The highest BCUT2D eigenvalue weighted by atomic mass is 32.1. The number of hydrogen-bond acceptors (Lipinski definition) is 6. The van der Waals surface area contributed by atoms with Crippen LogP contribution in [0.5, 0.6) is 0 Å². The predicted octanol–water partition coefficient (Wildman–Crippen LogP) is 4.99. The lowest BCUT2D eigenvalue weighted by molar-refractivity contribution is -0.142. The monoisotopic (exact) mass is 478 g/mol. The van der Waals surface area contributed by atoms with Crippen molar-refractivity contribution in [2.24, 2.45) is 0 Å². The van der Waals surface area contributed by atoms with Crippen LogP contribution < -0.4 is 5.32 Å². The Bertz CT molecular complexity index is 1260. The van der Waals surface area contributed by atoms with E-state index in [1.54, 1.807) is 6.92 Å². The first kappa shape index (κ1) is 21.9. The summed E-state index contributed by atoms with van der Waals surface area (Å²) < 4.78 is 46.8. The van der Waals surface area contributed by atoms with E-state index in [2.05, 4.69) is 15.4 Å². The van der Waals surface area contributed by atoms with Gasteiger partial charge in [0.1, 0.15) is 16.3 Å². The quantitative estimate of drug-likeness (QED) is 0.522. The molecule has 11 heteroatoms. The fourth-order valence-corrected chi connectivity index (χ4v) is 5.45. The Hall–Kier alpha value is -2.95. The van der Waals surface area contributed by atoms with Gasteiger partial charge in [-0.3, -0.25) is 4.79 Å². The molecule has 3 heterocycles. The molecule has 0 spiro atoms. The number of hydrogen-bond donors (Lipinski definition) is 1. The lowest BCUT2D eigenvalue weighted by atomic mass is 9.95. The van der Waals surface area contributed by atoms with Crippen LogP contribution >= 0.6 is 11.3 Å². The van der Waals surface area contributed by atoms with E-state index in [1.165, 1.54) is 11.3 Å². The predicted molar refractivity (Wildman–Crippen MR) is 115 cm³/mol. The minimum atomic E-state index is -4.64. The maximum absolute atomic E-state index is 13.6. The zero-order valence-electron chi connectivity index (χ0n) is 17.8. The topological polar surface area (TPSA) is 85.6 Å². The van der Waals surface area contributed by atoms with Crippen molar-refractivity contribution in [1.29, 1.82) is 0 Å². The maximum atomic E-state index is 13.6. The number of nitrogens with zero attached hydrogens (tertiary/aromatic N) is 3. The van der Waals surface area contributed by atoms with Crippen LogP contribution in [-0.2, 0) is 23.8 Å². The normalized spacial score (nSPS) is 16.0. The van der Waals surface area contributed by atoms with E-state index in [9.17, 15) is 22.8 Å². The minimum Gasteiger partial charge on any atom is -0.462 e. The molecule has 2 aliphatic carbocycles. The van der Waals surface area contributed by atoms with E-state index in [0.29, 0.717) is 27.2 Å². The fraction of sp³-hybridized carbons (Fsp3) is 0.455. The van der Waals surface area contributed by atoms with Crippen molar-refractivity contribution < 1.29 is 27.5 Å². The first-order valence-corrected chi connectivity index (χ1v) is 11.7. The standard InChI is InChI=1S/C22H21F3N4O3S/c1-2-32-21(31)17-12-5-3-4-6-15(12)33-20(17)28-19(30)13-10-26-29-16(22(23,24)25)9-14(11-7-8-11)27-18(13)29/h9-11H,2-8H2,1H3,(H,28,30). The van der Waals surface area contributed by atoms with Gasteiger partial charge >= 0.3 is 12.1 Å². The summed E-state index contributed by atoms with van der Waals surface area (Å²) in [6.45, 7) is 1.90. The number of aromatic nitrogens is 3. The number of anilines is 1. The lowest BCUT2D eigenvalue weighted by Crippen LogP contribution is -2.17. The molecule has 7 nitrogen and oxygen atoms in total. The van der Waals surface area contributed by atoms with Gasteiger partial charge in [-0.25, -0.2) is 14.3 Å². The largest absolute Gasteiger partial charge is 0.462 e. The number of alkyl halides is 3. The number of aryl methyl sites for hydroxylation is 1. The number of carbonyl (C=O) groups is 2. The highest BCUT2D eigenvalue weighted by molar-refractivity contribution is 7.17. The molecule has 174 valence electrons. The molecule has 0 radical (unpaired) electrons. The Kier molecular flexibility index (Phi) is 5.38. The van der Waals surface area contributed by atoms with Gasteiger partial charge in [0.15, 0.2) is 5.65 Å². The van der Waals surface area contributed by atoms with Crippen molar-refractivity contribution in [2.45, 2.75) is 57.5 Å². The molecule has 33 heavy (non-hydrogen) atoms. The van der Waals surface area contributed by atoms with Crippen LogP contribution in [0.4, 0.5) is 18.2 Å². The zero-order valence-corrected chi connectivity index (χ0v) is 18.6. The van der Waals surface area contributed by atoms with E-state index in [1.807, 2.05) is 0 Å².